The Morgan fingerprint density at radius 1 is 1.29 bits per heavy atom. The molecular weight excluding hydrogens is 339 g/mol. The average molecular weight is 353 g/mol. The van der Waals surface area contributed by atoms with Crippen molar-refractivity contribution in [3.05, 3.63) is 67.9 Å². The van der Waals surface area contributed by atoms with Gasteiger partial charge in [0.2, 0.25) is 0 Å². The van der Waals surface area contributed by atoms with E-state index in [2.05, 4.69) is 21.2 Å². The van der Waals surface area contributed by atoms with E-state index in [-0.39, 0.29) is 15.8 Å². The second-order valence-electron chi connectivity index (χ2n) is 4.52. The lowest BCUT2D eigenvalue weighted by Crippen LogP contribution is -2.05. The molecule has 0 bridgehead atoms. The smallest absolute Gasteiger partial charge is 0.293 e. The summed E-state index contributed by atoms with van der Waals surface area (Å²) in [6, 6.07) is 10.1. The molecule has 4 nitrogen and oxygen atoms in total. The second-order valence-corrected chi connectivity index (χ2v) is 5.37. The van der Waals surface area contributed by atoms with Crippen LogP contribution in [0.5, 0.6) is 0 Å². The van der Waals surface area contributed by atoms with Crippen LogP contribution in [0.1, 0.15) is 18.1 Å². The van der Waals surface area contributed by atoms with Crippen molar-refractivity contribution in [3.8, 4) is 0 Å². The summed E-state index contributed by atoms with van der Waals surface area (Å²) in [6.45, 7) is 2.45. The molecule has 1 N–H and O–H groups in total. The molecule has 0 saturated heterocycles. The SMILES string of the molecule is CCc1ccccc1CNc1cc(F)c(Br)cc1[N+](=O)[O-]. The number of nitro benzene ring substituents is 1. The molecule has 0 aliphatic rings. The first-order chi connectivity index (χ1) is 10.0. The van der Waals surface area contributed by atoms with Gasteiger partial charge in [0.05, 0.1) is 9.40 Å². The summed E-state index contributed by atoms with van der Waals surface area (Å²) in [4.78, 5) is 10.5. The van der Waals surface area contributed by atoms with Crippen molar-refractivity contribution in [1.29, 1.82) is 0 Å². The fourth-order valence-corrected chi connectivity index (χ4v) is 2.43. The summed E-state index contributed by atoms with van der Waals surface area (Å²) in [5.74, 6) is -0.535. The minimum absolute atomic E-state index is 0.0775. The van der Waals surface area contributed by atoms with E-state index in [4.69, 9.17) is 0 Å². The van der Waals surface area contributed by atoms with Gasteiger partial charge in [-0.2, -0.15) is 0 Å². The number of halogens is 2. The van der Waals surface area contributed by atoms with E-state index in [1.807, 2.05) is 31.2 Å². The molecule has 2 aromatic rings. The quantitative estimate of drug-likeness (QED) is 0.628. The summed E-state index contributed by atoms with van der Waals surface area (Å²) < 4.78 is 13.7. The number of hydrogen-bond donors (Lipinski definition) is 1. The molecule has 0 amide bonds. The van der Waals surface area contributed by atoms with Crippen molar-refractivity contribution in [3.63, 3.8) is 0 Å². The van der Waals surface area contributed by atoms with Crippen LogP contribution in [0, 0.1) is 15.9 Å². The first-order valence-electron chi connectivity index (χ1n) is 6.47. The van der Waals surface area contributed by atoms with E-state index in [0.717, 1.165) is 23.6 Å². The molecule has 21 heavy (non-hydrogen) atoms. The minimum Gasteiger partial charge on any atom is -0.375 e. The van der Waals surface area contributed by atoms with Crippen LogP contribution in [0.15, 0.2) is 40.9 Å². The highest BCUT2D eigenvalue weighted by atomic mass is 79.9. The number of nitrogens with one attached hydrogen (secondary N) is 1. The summed E-state index contributed by atoms with van der Waals surface area (Å²) in [7, 11) is 0. The van der Waals surface area contributed by atoms with Crippen molar-refractivity contribution >= 4 is 27.3 Å². The fraction of sp³-hybridized carbons (Fsp3) is 0.200. The Bertz CT molecular complexity index is 677. The van der Waals surface area contributed by atoms with Crippen LogP contribution in [-0.4, -0.2) is 4.92 Å². The maximum absolute atomic E-state index is 13.6. The molecule has 0 radical (unpaired) electrons. The molecule has 0 saturated carbocycles. The van der Waals surface area contributed by atoms with Crippen molar-refractivity contribution < 1.29 is 9.31 Å². The van der Waals surface area contributed by atoms with Gasteiger partial charge in [-0.15, -0.1) is 0 Å². The molecule has 2 rings (SSSR count). The molecule has 0 aliphatic carbocycles. The fourth-order valence-electron chi connectivity index (χ4n) is 2.09. The van der Waals surface area contributed by atoms with Gasteiger partial charge in [0.1, 0.15) is 11.5 Å². The summed E-state index contributed by atoms with van der Waals surface area (Å²) in [5, 5.41) is 14.0. The largest absolute Gasteiger partial charge is 0.375 e. The zero-order valence-corrected chi connectivity index (χ0v) is 13.0. The van der Waals surface area contributed by atoms with Gasteiger partial charge < -0.3 is 5.32 Å². The monoisotopic (exact) mass is 352 g/mol. The third kappa shape index (κ3) is 3.58. The van der Waals surface area contributed by atoms with Gasteiger partial charge in [-0.25, -0.2) is 4.39 Å². The van der Waals surface area contributed by atoms with E-state index in [1.165, 1.54) is 6.07 Å². The molecule has 0 aromatic heterocycles. The molecule has 0 atom stereocenters. The molecular formula is C15H14BrFN2O2. The maximum Gasteiger partial charge on any atom is 0.293 e. The number of hydrogen-bond acceptors (Lipinski definition) is 3. The first-order valence-corrected chi connectivity index (χ1v) is 7.26. The van der Waals surface area contributed by atoms with Gasteiger partial charge in [0.25, 0.3) is 5.69 Å². The van der Waals surface area contributed by atoms with E-state index in [9.17, 15) is 14.5 Å². The van der Waals surface area contributed by atoms with Crippen LogP contribution >= 0.6 is 15.9 Å². The van der Waals surface area contributed by atoms with Crippen LogP contribution in [-0.2, 0) is 13.0 Å². The Hall–Kier alpha value is -1.95. The summed E-state index contributed by atoms with van der Waals surface area (Å²) in [6.07, 6.45) is 0.870. The van der Waals surface area contributed by atoms with Crippen LogP contribution in [0.2, 0.25) is 0 Å². The third-order valence-electron chi connectivity index (χ3n) is 3.20. The van der Waals surface area contributed by atoms with E-state index in [0.29, 0.717) is 6.54 Å². The minimum atomic E-state index is -0.535. The zero-order chi connectivity index (χ0) is 15.4. The van der Waals surface area contributed by atoms with Crippen LogP contribution in [0.25, 0.3) is 0 Å². The Morgan fingerprint density at radius 2 is 1.95 bits per heavy atom. The van der Waals surface area contributed by atoms with Crippen LogP contribution in [0.4, 0.5) is 15.8 Å². The molecule has 0 fully saturated rings. The second kappa shape index (κ2) is 6.67. The Balaban J connectivity index is 2.27. The number of anilines is 1. The molecule has 0 heterocycles. The number of aryl methyl sites for hydroxylation is 1. The highest BCUT2D eigenvalue weighted by Gasteiger charge is 2.17. The Morgan fingerprint density at radius 3 is 2.57 bits per heavy atom. The van der Waals surface area contributed by atoms with Gasteiger partial charge in [-0.05, 0) is 33.5 Å². The van der Waals surface area contributed by atoms with Crippen molar-refractivity contribution in [1.82, 2.24) is 0 Å². The third-order valence-corrected chi connectivity index (χ3v) is 3.81. The number of benzene rings is 2. The topological polar surface area (TPSA) is 55.2 Å². The van der Waals surface area contributed by atoms with Gasteiger partial charge in [0, 0.05) is 18.7 Å². The van der Waals surface area contributed by atoms with Crippen LogP contribution in [0.3, 0.4) is 0 Å². The standard InChI is InChI=1S/C15H14BrFN2O2/c1-2-10-5-3-4-6-11(10)9-18-14-8-13(17)12(16)7-15(14)19(20)21/h3-8,18H,2,9H2,1H3. The van der Waals surface area contributed by atoms with Gasteiger partial charge in [0.15, 0.2) is 0 Å². The average Bonchev–Trinajstić information content (AvgIpc) is 2.48. The van der Waals surface area contributed by atoms with E-state index < -0.39 is 10.7 Å². The highest BCUT2D eigenvalue weighted by molar-refractivity contribution is 9.10. The predicted molar refractivity (Wildman–Crippen MR) is 83.9 cm³/mol. The van der Waals surface area contributed by atoms with Gasteiger partial charge >= 0.3 is 0 Å². The van der Waals surface area contributed by atoms with Gasteiger partial charge in [-0.3, -0.25) is 10.1 Å². The van der Waals surface area contributed by atoms with Crippen LogP contribution < -0.4 is 5.32 Å². The van der Waals surface area contributed by atoms with Crippen molar-refractivity contribution in [2.24, 2.45) is 0 Å². The van der Waals surface area contributed by atoms with Crippen molar-refractivity contribution in [2.45, 2.75) is 19.9 Å². The number of nitrogens with zero attached hydrogens (tertiary/aromatic N) is 1. The molecule has 6 heteroatoms. The molecule has 110 valence electrons. The summed E-state index contributed by atoms with van der Waals surface area (Å²) in [5.41, 5.74) is 2.21. The lowest BCUT2D eigenvalue weighted by molar-refractivity contribution is -0.384. The Kier molecular flexibility index (Phi) is 4.90. The lowest BCUT2D eigenvalue weighted by atomic mass is 10.1. The molecule has 0 spiro atoms. The Labute approximate surface area is 130 Å². The molecule has 0 unspecified atom stereocenters. The van der Waals surface area contributed by atoms with Crippen molar-refractivity contribution in [2.75, 3.05) is 5.32 Å². The maximum atomic E-state index is 13.6. The normalized spacial score (nSPS) is 10.4. The first kappa shape index (κ1) is 15.4. The highest BCUT2D eigenvalue weighted by Crippen LogP contribution is 2.31. The molecule has 2 aromatic carbocycles. The van der Waals surface area contributed by atoms with E-state index in [1.54, 1.807) is 0 Å². The van der Waals surface area contributed by atoms with Gasteiger partial charge in [-0.1, -0.05) is 31.2 Å². The number of rotatable bonds is 5. The molecule has 0 aliphatic heterocycles. The zero-order valence-electron chi connectivity index (χ0n) is 11.4. The summed E-state index contributed by atoms with van der Waals surface area (Å²) >= 11 is 2.96. The lowest BCUT2D eigenvalue weighted by Gasteiger charge is -2.11. The number of nitro groups is 1. The predicted octanol–water partition coefficient (Wildman–Crippen LogP) is 4.67. The van der Waals surface area contributed by atoms with E-state index >= 15 is 0 Å².